The molecule has 0 atom stereocenters. The summed E-state index contributed by atoms with van der Waals surface area (Å²) in [5, 5.41) is 8.92. The zero-order valence-electron chi connectivity index (χ0n) is 6.95. The summed E-state index contributed by atoms with van der Waals surface area (Å²) in [6.07, 6.45) is 4.08. The minimum atomic E-state index is -0.612. The molecule has 2 aliphatic rings. The molecule has 0 bridgehead atoms. The highest BCUT2D eigenvalue weighted by molar-refractivity contribution is 5.85. The molecular formula is C8H14ClNO2. The molecule has 0 unspecified atom stereocenters. The lowest BCUT2D eigenvalue weighted by atomic mass is 10.2. The third-order valence-electron chi connectivity index (χ3n) is 2.83. The van der Waals surface area contributed by atoms with Crippen LogP contribution in [0, 0.1) is 0 Å². The van der Waals surface area contributed by atoms with Crippen molar-refractivity contribution in [2.45, 2.75) is 31.2 Å². The number of aliphatic carboxylic acids is 1. The predicted molar refractivity (Wildman–Crippen MR) is 47.7 cm³/mol. The van der Waals surface area contributed by atoms with Crippen molar-refractivity contribution in [2.75, 3.05) is 13.1 Å². The van der Waals surface area contributed by atoms with Gasteiger partial charge < -0.3 is 5.11 Å². The largest absolute Gasteiger partial charge is 0.480 e. The van der Waals surface area contributed by atoms with Gasteiger partial charge in [-0.1, -0.05) is 0 Å². The third kappa shape index (κ3) is 1.31. The fourth-order valence-corrected chi connectivity index (χ4v) is 1.93. The van der Waals surface area contributed by atoms with Crippen LogP contribution in [0.15, 0.2) is 0 Å². The molecule has 12 heavy (non-hydrogen) atoms. The van der Waals surface area contributed by atoms with Crippen LogP contribution in [-0.2, 0) is 4.79 Å². The molecule has 1 saturated heterocycles. The monoisotopic (exact) mass is 191 g/mol. The number of hydrogen-bond acceptors (Lipinski definition) is 2. The highest BCUT2D eigenvalue weighted by atomic mass is 35.5. The quantitative estimate of drug-likeness (QED) is 0.711. The molecule has 0 radical (unpaired) electrons. The molecule has 3 nitrogen and oxygen atoms in total. The second-order valence-electron chi connectivity index (χ2n) is 3.53. The minimum Gasteiger partial charge on any atom is -0.480 e. The Kier molecular flexibility index (Phi) is 2.64. The normalized spacial score (nSPS) is 26.3. The molecule has 1 saturated carbocycles. The van der Waals surface area contributed by atoms with E-state index >= 15 is 0 Å². The van der Waals surface area contributed by atoms with Gasteiger partial charge in [-0.25, -0.2) is 0 Å². The summed E-state index contributed by atoms with van der Waals surface area (Å²) in [5.41, 5.74) is -0.420. The van der Waals surface area contributed by atoms with Crippen molar-refractivity contribution >= 4 is 18.4 Å². The maximum Gasteiger partial charge on any atom is 0.324 e. The summed E-state index contributed by atoms with van der Waals surface area (Å²) in [6.45, 7) is 1.98. The molecule has 1 heterocycles. The predicted octanol–water partition coefficient (Wildman–Crippen LogP) is 1.12. The van der Waals surface area contributed by atoms with Crippen molar-refractivity contribution in [3.05, 3.63) is 0 Å². The standard InChI is InChI=1S/C8H13NO2.ClH/c10-7(11)8(3-4-8)9-5-1-2-6-9;/h1-6H2,(H,10,11);1H. The third-order valence-corrected chi connectivity index (χ3v) is 2.83. The van der Waals surface area contributed by atoms with E-state index in [9.17, 15) is 4.79 Å². The number of likely N-dealkylation sites (tertiary alicyclic amines) is 1. The zero-order valence-corrected chi connectivity index (χ0v) is 7.77. The van der Waals surface area contributed by atoms with Crippen LogP contribution in [0.1, 0.15) is 25.7 Å². The van der Waals surface area contributed by atoms with Crippen LogP contribution in [0.5, 0.6) is 0 Å². The average Bonchev–Trinajstić information content (AvgIpc) is 2.61. The first-order valence-corrected chi connectivity index (χ1v) is 4.24. The highest BCUT2D eigenvalue weighted by Gasteiger charge is 2.55. The summed E-state index contributed by atoms with van der Waals surface area (Å²) >= 11 is 0. The number of nitrogens with zero attached hydrogens (tertiary/aromatic N) is 1. The topological polar surface area (TPSA) is 40.5 Å². The Morgan fingerprint density at radius 1 is 1.25 bits per heavy atom. The summed E-state index contributed by atoms with van der Waals surface area (Å²) < 4.78 is 0. The maximum absolute atomic E-state index is 10.8. The van der Waals surface area contributed by atoms with Gasteiger partial charge in [0.25, 0.3) is 0 Å². The average molecular weight is 192 g/mol. The molecule has 2 rings (SSSR count). The van der Waals surface area contributed by atoms with Crippen molar-refractivity contribution in [3.8, 4) is 0 Å². The van der Waals surface area contributed by atoms with Gasteiger partial charge in [0.2, 0.25) is 0 Å². The molecule has 1 N–H and O–H groups in total. The first-order chi connectivity index (χ1) is 5.26. The van der Waals surface area contributed by atoms with Crippen molar-refractivity contribution in [1.29, 1.82) is 0 Å². The highest BCUT2D eigenvalue weighted by Crippen LogP contribution is 2.43. The Bertz CT molecular complexity index is 185. The van der Waals surface area contributed by atoms with Crippen LogP contribution in [0.25, 0.3) is 0 Å². The van der Waals surface area contributed by atoms with Crippen LogP contribution >= 0.6 is 12.4 Å². The van der Waals surface area contributed by atoms with Gasteiger partial charge in [0, 0.05) is 0 Å². The lowest BCUT2D eigenvalue weighted by molar-refractivity contribution is -0.144. The molecular weight excluding hydrogens is 178 g/mol. The van der Waals surface area contributed by atoms with Gasteiger partial charge in [0.05, 0.1) is 0 Å². The van der Waals surface area contributed by atoms with E-state index in [-0.39, 0.29) is 12.4 Å². The van der Waals surface area contributed by atoms with Crippen LogP contribution in [0.4, 0.5) is 0 Å². The number of carbonyl (C=O) groups is 1. The van der Waals surface area contributed by atoms with Gasteiger partial charge in [-0.15, -0.1) is 12.4 Å². The number of carboxylic acid groups (broad SMARTS) is 1. The zero-order chi connectivity index (χ0) is 7.90. The fourth-order valence-electron chi connectivity index (χ4n) is 1.93. The number of rotatable bonds is 2. The first-order valence-electron chi connectivity index (χ1n) is 4.24. The van der Waals surface area contributed by atoms with E-state index in [1.807, 2.05) is 0 Å². The lowest BCUT2D eigenvalue weighted by Gasteiger charge is -2.22. The lowest BCUT2D eigenvalue weighted by Crippen LogP contribution is -2.41. The number of halogens is 1. The molecule has 0 spiro atoms. The first kappa shape index (κ1) is 9.81. The Morgan fingerprint density at radius 3 is 2.08 bits per heavy atom. The van der Waals surface area contributed by atoms with Gasteiger partial charge in [-0.05, 0) is 38.8 Å². The fraction of sp³-hybridized carbons (Fsp3) is 0.875. The second-order valence-corrected chi connectivity index (χ2v) is 3.53. The molecule has 0 amide bonds. The maximum atomic E-state index is 10.8. The SMILES string of the molecule is Cl.O=C(O)C1(N2CCCC2)CC1. The van der Waals surface area contributed by atoms with Crippen LogP contribution < -0.4 is 0 Å². The van der Waals surface area contributed by atoms with E-state index in [0.29, 0.717) is 0 Å². The van der Waals surface area contributed by atoms with Gasteiger partial charge >= 0.3 is 5.97 Å². The van der Waals surface area contributed by atoms with Crippen LogP contribution in [-0.4, -0.2) is 34.6 Å². The van der Waals surface area contributed by atoms with Crippen molar-refractivity contribution in [3.63, 3.8) is 0 Å². The summed E-state index contributed by atoms with van der Waals surface area (Å²) in [7, 11) is 0. The van der Waals surface area contributed by atoms with E-state index in [2.05, 4.69) is 4.90 Å². The van der Waals surface area contributed by atoms with Crippen molar-refractivity contribution in [1.82, 2.24) is 4.90 Å². The van der Waals surface area contributed by atoms with Crippen LogP contribution in [0.2, 0.25) is 0 Å². The van der Waals surface area contributed by atoms with Gasteiger partial charge in [0.1, 0.15) is 5.54 Å². The van der Waals surface area contributed by atoms with E-state index < -0.39 is 11.5 Å². The summed E-state index contributed by atoms with van der Waals surface area (Å²) in [6, 6.07) is 0. The Morgan fingerprint density at radius 2 is 1.75 bits per heavy atom. The Hall–Kier alpha value is -0.280. The number of carboxylic acids is 1. The Balaban J connectivity index is 0.000000720. The molecule has 4 heteroatoms. The molecule has 0 aromatic rings. The molecule has 0 aromatic heterocycles. The van der Waals surface area contributed by atoms with E-state index in [1.54, 1.807) is 0 Å². The van der Waals surface area contributed by atoms with Gasteiger partial charge in [-0.2, -0.15) is 0 Å². The minimum absolute atomic E-state index is 0. The van der Waals surface area contributed by atoms with Crippen molar-refractivity contribution < 1.29 is 9.90 Å². The molecule has 1 aliphatic carbocycles. The van der Waals surface area contributed by atoms with Gasteiger partial charge in [0.15, 0.2) is 0 Å². The summed E-state index contributed by atoms with van der Waals surface area (Å²) in [5.74, 6) is -0.612. The van der Waals surface area contributed by atoms with Gasteiger partial charge in [-0.3, -0.25) is 9.69 Å². The molecule has 0 aromatic carbocycles. The molecule has 1 aliphatic heterocycles. The molecule has 2 fully saturated rings. The van der Waals surface area contributed by atoms with Crippen molar-refractivity contribution in [2.24, 2.45) is 0 Å². The van der Waals surface area contributed by atoms with E-state index in [0.717, 1.165) is 25.9 Å². The smallest absolute Gasteiger partial charge is 0.324 e. The molecule has 70 valence electrons. The summed E-state index contributed by atoms with van der Waals surface area (Å²) in [4.78, 5) is 13.0. The second kappa shape index (κ2) is 3.23. The van der Waals surface area contributed by atoms with E-state index in [4.69, 9.17) is 5.11 Å². The number of hydrogen-bond donors (Lipinski definition) is 1. The van der Waals surface area contributed by atoms with E-state index in [1.165, 1.54) is 12.8 Å². The van der Waals surface area contributed by atoms with Crippen LogP contribution in [0.3, 0.4) is 0 Å². The Labute approximate surface area is 78.2 Å².